The van der Waals surface area contributed by atoms with Gasteiger partial charge in [0, 0.05) is 18.0 Å². The molecular formula is C19H19NO. The zero-order valence-corrected chi connectivity index (χ0v) is 12.4. The summed E-state index contributed by atoms with van der Waals surface area (Å²) in [6.07, 6.45) is 1.90. The summed E-state index contributed by atoms with van der Waals surface area (Å²) in [6.45, 7) is 4.19. The lowest BCUT2D eigenvalue weighted by Gasteiger charge is -2.16. The minimum Gasteiger partial charge on any atom is -0.388 e. The minimum atomic E-state index is -0.516. The molecule has 0 aliphatic heterocycles. The first kappa shape index (κ1) is 13.8. The highest BCUT2D eigenvalue weighted by molar-refractivity contribution is 5.82. The number of rotatable bonds is 3. The maximum atomic E-state index is 10.7. The van der Waals surface area contributed by atoms with Crippen molar-refractivity contribution in [3.63, 3.8) is 0 Å². The van der Waals surface area contributed by atoms with E-state index in [1.807, 2.05) is 30.3 Å². The topological polar surface area (TPSA) is 33.1 Å². The fraction of sp³-hybridized carbons (Fsp3) is 0.211. The van der Waals surface area contributed by atoms with E-state index in [9.17, 15) is 5.11 Å². The number of pyridine rings is 1. The summed E-state index contributed by atoms with van der Waals surface area (Å²) >= 11 is 0. The monoisotopic (exact) mass is 277 g/mol. The Kier molecular flexibility index (Phi) is 3.72. The number of aliphatic hydroxyl groups excluding tert-OH is 1. The molecule has 1 heterocycles. The number of hydrogen-bond donors (Lipinski definition) is 1. The van der Waals surface area contributed by atoms with E-state index in [1.165, 1.54) is 16.7 Å². The molecule has 21 heavy (non-hydrogen) atoms. The van der Waals surface area contributed by atoms with Crippen LogP contribution in [0.25, 0.3) is 10.9 Å². The summed E-state index contributed by atoms with van der Waals surface area (Å²) in [7, 11) is 0. The molecule has 0 radical (unpaired) electrons. The van der Waals surface area contributed by atoms with Crippen LogP contribution in [0, 0.1) is 13.8 Å². The Bertz CT molecular complexity index is 754. The van der Waals surface area contributed by atoms with E-state index in [-0.39, 0.29) is 0 Å². The molecule has 1 aromatic heterocycles. The first-order valence-electron chi connectivity index (χ1n) is 7.23. The third kappa shape index (κ3) is 2.67. The number of nitrogens with zero attached hydrogens (tertiary/aromatic N) is 1. The number of fused-ring (bicyclic) bond motifs is 1. The lowest BCUT2D eigenvalue weighted by molar-refractivity contribution is 0.179. The van der Waals surface area contributed by atoms with Crippen molar-refractivity contribution in [3.05, 3.63) is 77.0 Å². The molecule has 2 aromatic carbocycles. The van der Waals surface area contributed by atoms with E-state index in [4.69, 9.17) is 0 Å². The summed E-state index contributed by atoms with van der Waals surface area (Å²) in [5.74, 6) is 0. The van der Waals surface area contributed by atoms with Crippen molar-refractivity contribution < 1.29 is 5.11 Å². The lowest BCUT2D eigenvalue weighted by atomic mass is 9.93. The van der Waals surface area contributed by atoms with Gasteiger partial charge in [0.05, 0.1) is 11.6 Å². The van der Waals surface area contributed by atoms with Gasteiger partial charge in [0.25, 0.3) is 0 Å². The molecule has 106 valence electrons. The normalized spacial score (nSPS) is 12.5. The van der Waals surface area contributed by atoms with Crippen LogP contribution in [0.5, 0.6) is 0 Å². The van der Waals surface area contributed by atoms with E-state index in [2.05, 4.69) is 37.0 Å². The third-order valence-corrected chi connectivity index (χ3v) is 4.08. The average molecular weight is 277 g/mol. The number of aryl methyl sites for hydroxylation is 2. The molecule has 0 amide bonds. The summed E-state index contributed by atoms with van der Waals surface area (Å²) in [6, 6.07) is 16.1. The molecule has 0 bridgehead atoms. The molecule has 2 heteroatoms. The Balaban J connectivity index is 2.00. The van der Waals surface area contributed by atoms with E-state index in [1.54, 1.807) is 6.20 Å². The molecular weight excluding hydrogens is 258 g/mol. The van der Waals surface area contributed by atoms with Crippen LogP contribution in [0.2, 0.25) is 0 Å². The van der Waals surface area contributed by atoms with Gasteiger partial charge >= 0.3 is 0 Å². The van der Waals surface area contributed by atoms with Crippen molar-refractivity contribution in [1.82, 2.24) is 4.98 Å². The minimum absolute atomic E-state index is 0.516. The molecule has 0 spiro atoms. The van der Waals surface area contributed by atoms with Crippen molar-refractivity contribution >= 4 is 10.9 Å². The summed E-state index contributed by atoms with van der Waals surface area (Å²) in [5.41, 5.74) is 5.56. The van der Waals surface area contributed by atoms with Crippen molar-refractivity contribution in [2.75, 3.05) is 0 Å². The molecule has 3 rings (SSSR count). The largest absolute Gasteiger partial charge is 0.388 e. The van der Waals surface area contributed by atoms with Crippen LogP contribution >= 0.6 is 0 Å². The van der Waals surface area contributed by atoms with Crippen LogP contribution in [-0.4, -0.2) is 10.1 Å². The molecule has 0 aliphatic carbocycles. The molecule has 1 atom stereocenters. The van der Waals surface area contributed by atoms with Gasteiger partial charge in [-0.15, -0.1) is 0 Å². The molecule has 0 saturated carbocycles. The Morgan fingerprint density at radius 3 is 2.43 bits per heavy atom. The molecule has 1 N–H and O–H groups in total. The van der Waals surface area contributed by atoms with Crippen LogP contribution in [0.1, 0.15) is 28.4 Å². The first-order valence-corrected chi connectivity index (χ1v) is 7.23. The molecule has 0 fully saturated rings. The van der Waals surface area contributed by atoms with Crippen molar-refractivity contribution in [2.24, 2.45) is 0 Å². The first-order chi connectivity index (χ1) is 10.2. The summed E-state index contributed by atoms with van der Waals surface area (Å²) in [5, 5.41) is 11.7. The highest BCUT2D eigenvalue weighted by atomic mass is 16.3. The number of hydrogen-bond acceptors (Lipinski definition) is 2. The molecule has 2 nitrogen and oxygen atoms in total. The number of benzene rings is 2. The average Bonchev–Trinajstić information content (AvgIpc) is 2.50. The maximum absolute atomic E-state index is 10.7. The van der Waals surface area contributed by atoms with E-state index < -0.39 is 6.10 Å². The van der Waals surface area contributed by atoms with Crippen LogP contribution < -0.4 is 0 Å². The van der Waals surface area contributed by atoms with Crippen LogP contribution in [0.3, 0.4) is 0 Å². The lowest BCUT2D eigenvalue weighted by Crippen LogP contribution is -2.05. The van der Waals surface area contributed by atoms with Crippen molar-refractivity contribution in [2.45, 2.75) is 26.4 Å². The summed E-state index contributed by atoms with van der Waals surface area (Å²) in [4.78, 5) is 4.36. The standard InChI is InChI=1S/C19H19NO/c1-13-6-3-7-14(2)17(13)12-19(21)16-8-4-10-18-15(16)9-5-11-20-18/h3-11,19,21H,12H2,1-2H3. The van der Waals surface area contributed by atoms with Gasteiger partial charge in [-0.3, -0.25) is 4.98 Å². The van der Waals surface area contributed by atoms with Crippen LogP contribution in [0.4, 0.5) is 0 Å². The third-order valence-electron chi connectivity index (χ3n) is 4.08. The van der Waals surface area contributed by atoms with Gasteiger partial charge < -0.3 is 5.11 Å². The Morgan fingerprint density at radius 2 is 1.67 bits per heavy atom. The Hall–Kier alpha value is -2.19. The smallest absolute Gasteiger partial charge is 0.0837 e. The number of aromatic nitrogens is 1. The van der Waals surface area contributed by atoms with Gasteiger partial charge in [0.1, 0.15) is 0 Å². The zero-order chi connectivity index (χ0) is 14.8. The molecule has 1 unspecified atom stereocenters. The molecule has 0 aliphatic rings. The van der Waals surface area contributed by atoms with Crippen molar-refractivity contribution in [1.29, 1.82) is 0 Å². The van der Waals surface area contributed by atoms with E-state index >= 15 is 0 Å². The second kappa shape index (κ2) is 5.66. The predicted molar refractivity (Wildman–Crippen MR) is 86.3 cm³/mol. The number of aliphatic hydroxyl groups is 1. The Morgan fingerprint density at radius 1 is 0.952 bits per heavy atom. The quantitative estimate of drug-likeness (QED) is 0.781. The molecule has 3 aromatic rings. The van der Waals surface area contributed by atoms with Gasteiger partial charge in [-0.05, 0) is 48.2 Å². The SMILES string of the molecule is Cc1cccc(C)c1CC(O)c1cccc2ncccc12. The van der Waals surface area contributed by atoms with Crippen LogP contribution in [0.15, 0.2) is 54.7 Å². The fourth-order valence-electron chi connectivity index (χ4n) is 2.89. The van der Waals surface area contributed by atoms with Gasteiger partial charge in [-0.2, -0.15) is 0 Å². The highest BCUT2D eigenvalue weighted by Crippen LogP contribution is 2.27. The van der Waals surface area contributed by atoms with Gasteiger partial charge in [-0.1, -0.05) is 36.4 Å². The van der Waals surface area contributed by atoms with Gasteiger partial charge in [0.15, 0.2) is 0 Å². The zero-order valence-electron chi connectivity index (χ0n) is 12.4. The Labute approximate surface area is 125 Å². The van der Waals surface area contributed by atoms with Gasteiger partial charge in [-0.25, -0.2) is 0 Å². The van der Waals surface area contributed by atoms with E-state index in [0.717, 1.165) is 16.5 Å². The summed E-state index contributed by atoms with van der Waals surface area (Å²) < 4.78 is 0. The second-order valence-corrected chi connectivity index (χ2v) is 5.51. The van der Waals surface area contributed by atoms with Gasteiger partial charge in [0.2, 0.25) is 0 Å². The predicted octanol–water partition coefficient (Wildman–Crippen LogP) is 4.13. The molecule has 0 saturated heterocycles. The highest BCUT2D eigenvalue weighted by Gasteiger charge is 2.14. The fourth-order valence-corrected chi connectivity index (χ4v) is 2.89. The van der Waals surface area contributed by atoms with Crippen LogP contribution in [-0.2, 0) is 6.42 Å². The maximum Gasteiger partial charge on any atom is 0.0837 e. The van der Waals surface area contributed by atoms with Crippen molar-refractivity contribution in [3.8, 4) is 0 Å². The second-order valence-electron chi connectivity index (χ2n) is 5.51. The van der Waals surface area contributed by atoms with E-state index in [0.29, 0.717) is 6.42 Å².